The van der Waals surface area contributed by atoms with Crippen molar-refractivity contribution in [2.75, 3.05) is 19.7 Å². The number of ether oxygens (including phenoxy) is 2. The summed E-state index contributed by atoms with van der Waals surface area (Å²) in [5.41, 5.74) is 3.48. The first-order valence-corrected chi connectivity index (χ1v) is 11.0. The zero-order valence-electron chi connectivity index (χ0n) is 17.5. The molecule has 3 aliphatic heterocycles. The molecule has 2 saturated heterocycles. The fraction of sp³-hybridized carbons (Fsp3) is 0.609. The van der Waals surface area contributed by atoms with Crippen LogP contribution >= 0.6 is 11.6 Å². The molecule has 2 aromatic rings. The zero-order valence-corrected chi connectivity index (χ0v) is 18.3. The summed E-state index contributed by atoms with van der Waals surface area (Å²) >= 11 is 6.20. The van der Waals surface area contributed by atoms with Gasteiger partial charge in [-0.3, -0.25) is 4.90 Å². The van der Waals surface area contributed by atoms with Gasteiger partial charge in [0.2, 0.25) is 0 Å². The second-order valence-corrected chi connectivity index (χ2v) is 10.1. The molecule has 0 unspecified atom stereocenters. The largest absolute Gasteiger partial charge is 0.487 e. The molecule has 3 aliphatic rings. The van der Waals surface area contributed by atoms with Crippen LogP contribution in [0.5, 0.6) is 5.75 Å². The molecule has 2 atom stereocenters. The molecule has 0 bridgehead atoms. The molecule has 1 aromatic heterocycles. The highest BCUT2D eigenvalue weighted by Gasteiger charge is 2.52. The van der Waals surface area contributed by atoms with Crippen molar-refractivity contribution >= 4 is 11.6 Å². The molecule has 1 spiro atoms. The van der Waals surface area contributed by atoms with E-state index in [1.807, 2.05) is 12.1 Å². The van der Waals surface area contributed by atoms with Crippen molar-refractivity contribution in [2.24, 2.45) is 11.3 Å². The first-order valence-electron chi connectivity index (χ1n) is 10.7. The van der Waals surface area contributed by atoms with E-state index in [9.17, 15) is 0 Å². The van der Waals surface area contributed by atoms with Crippen LogP contribution in [0.25, 0.3) is 0 Å². The third kappa shape index (κ3) is 3.47. The number of hydrogen-bond donors (Lipinski definition) is 1. The van der Waals surface area contributed by atoms with Crippen LogP contribution in [0.1, 0.15) is 56.2 Å². The Morgan fingerprint density at radius 3 is 2.79 bits per heavy atom. The fourth-order valence-electron chi connectivity index (χ4n) is 5.43. The fourth-order valence-corrected chi connectivity index (χ4v) is 5.59. The summed E-state index contributed by atoms with van der Waals surface area (Å²) in [6.45, 7) is 10.5. The Kier molecular flexibility index (Phi) is 4.68. The summed E-state index contributed by atoms with van der Waals surface area (Å²) in [5.74, 6) is 1.23. The van der Waals surface area contributed by atoms with E-state index >= 15 is 0 Å². The molecule has 2 fully saturated rings. The van der Waals surface area contributed by atoms with Crippen LogP contribution in [0, 0.1) is 18.3 Å². The SMILES string of the molecule is Cc1nc[nH]c1CN1CCC2(CC1)CO[C@@H]1c3ccc(Cl)cc3OC(C)(C)[C@H]1C2. The van der Waals surface area contributed by atoms with Gasteiger partial charge in [-0.25, -0.2) is 4.98 Å². The highest BCUT2D eigenvalue weighted by Crippen LogP contribution is 2.55. The Balaban J connectivity index is 1.31. The summed E-state index contributed by atoms with van der Waals surface area (Å²) in [6.07, 6.45) is 5.40. The van der Waals surface area contributed by atoms with Gasteiger partial charge in [0, 0.05) is 23.0 Å². The Bertz CT molecular complexity index is 901. The molecular formula is C23H30ClN3O2. The number of nitrogens with zero attached hydrogens (tertiary/aromatic N) is 2. The number of aromatic amines is 1. The monoisotopic (exact) mass is 415 g/mol. The Labute approximate surface area is 177 Å². The van der Waals surface area contributed by atoms with Gasteiger partial charge in [-0.1, -0.05) is 17.7 Å². The van der Waals surface area contributed by atoms with Crippen LogP contribution < -0.4 is 4.74 Å². The number of rotatable bonds is 2. The molecule has 4 heterocycles. The smallest absolute Gasteiger partial charge is 0.127 e. The lowest BCUT2D eigenvalue weighted by molar-refractivity contribution is -0.174. The summed E-state index contributed by atoms with van der Waals surface area (Å²) in [7, 11) is 0. The maximum absolute atomic E-state index is 6.58. The third-order valence-corrected chi connectivity index (χ3v) is 7.60. The normalized spacial score (nSPS) is 27.9. The molecule has 5 rings (SSSR count). The van der Waals surface area contributed by atoms with Gasteiger partial charge in [0.1, 0.15) is 11.4 Å². The van der Waals surface area contributed by atoms with Crippen molar-refractivity contribution in [2.45, 2.75) is 58.3 Å². The Hall–Kier alpha value is -1.56. The van der Waals surface area contributed by atoms with E-state index in [4.69, 9.17) is 21.1 Å². The molecule has 0 aliphatic carbocycles. The van der Waals surface area contributed by atoms with E-state index in [2.05, 4.69) is 41.7 Å². The van der Waals surface area contributed by atoms with Gasteiger partial charge >= 0.3 is 0 Å². The number of aromatic nitrogens is 2. The van der Waals surface area contributed by atoms with Crippen LogP contribution in [0.3, 0.4) is 0 Å². The molecule has 5 nitrogen and oxygen atoms in total. The highest BCUT2D eigenvalue weighted by molar-refractivity contribution is 6.30. The molecule has 1 aromatic carbocycles. The molecule has 0 saturated carbocycles. The van der Waals surface area contributed by atoms with Crippen LogP contribution in [-0.4, -0.2) is 40.2 Å². The summed E-state index contributed by atoms with van der Waals surface area (Å²) in [5, 5.41) is 0.713. The standard InChI is InChI=1S/C23H30ClN3O2/c1-15-19(26-14-25-15)12-27-8-6-23(7-9-27)11-18-21(28-13-23)17-5-4-16(24)10-20(17)29-22(18,2)3/h4-5,10,14,18,21H,6-9,11-13H2,1-3H3,(H,25,26)/t18-,21+/m0/s1. The highest BCUT2D eigenvalue weighted by atomic mass is 35.5. The van der Waals surface area contributed by atoms with Gasteiger partial charge < -0.3 is 14.5 Å². The van der Waals surface area contributed by atoms with E-state index in [0.29, 0.717) is 10.9 Å². The van der Waals surface area contributed by atoms with Gasteiger partial charge in [-0.15, -0.1) is 0 Å². The quantitative estimate of drug-likeness (QED) is 0.757. The van der Waals surface area contributed by atoms with E-state index in [-0.39, 0.29) is 17.1 Å². The van der Waals surface area contributed by atoms with Gasteiger partial charge in [0.05, 0.1) is 30.4 Å². The van der Waals surface area contributed by atoms with E-state index in [0.717, 1.165) is 49.7 Å². The van der Waals surface area contributed by atoms with E-state index < -0.39 is 0 Å². The molecule has 6 heteroatoms. The predicted molar refractivity (Wildman–Crippen MR) is 113 cm³/mol. The van der Waals surface area contributed by atoms with Crippen molar-refractivity contribution in [3.63, 3.8) is 0 Å². The average molecular weight is 416 g/mol. The van der Waals surface area contributed by atoms with Crippen molar-refractivity contribution in [1.82, 2.24) is 14.9 Å². The zero-order chi connectivity index (χ0) is 20.2. The van der Waals surface area contributed by atoms with E-state index in [1.165, 1.54) is 18.5 Å². The number of nitrogens with one attached hydrogen (secondary N) is 1. The molecule has 0 amide bonds. The van der Waals surface area contributed by atoms with Crippen molar-refractivity contribution in [1.29, 1.82) is 0 Å². The van der Waals surface area contributed by atoms with Crippen LogP contribution in [-0.2, 0) is 11.3 Å². The number of aryl methyl sites for hydroxylation is 1. The molecule has 156 valence electrons. The average Bonchev–Trinajstić information content (AvgIpc) is 3.08. The van der Waals surface area contributed by atoms with Crippen molar-refractivity contribution in [3.8, 4) is 5.75 Å². The number of benzene rings is 1. The lowest BCUT2D eigenvalue weighted by atomic mass is 9.64. The summed E-state index contributed by atoms with van der Waals surface area (Å²) in [4.78, 5) is 10.1. The number of piperidine rings is 1. The van der Waals surface area contributed by atoms with Crippen LogP contribution in [0.4, 0.5) is 0 Å². The molecule has 29 heavy (non-hydrogen) atoms. The molecular weight excluding hydrogens is 386 g/mol. The van der Waals surface area contributed by atoms with Crippen molar-refractivity contribution < 1.29 is 9.47 Å². The minimum absolute atomic E-state index is 0.0994. The number of halogens is 1. The number of fused-ring (bicyclic) bond motifs is 3. The van der Waals surface area contributed by atoms with Gasteiger partial charge in [-0.2, -0.15) is 0 Å². The number of hydrogen-bond acceptors (Lipinski definition) is 4. The van der Waals surface area contributed by atoms with Gasteiger partial charge in [-0.05, 0) is 70.7 Å². The van der Waals surface area contributed by atoms with Crippen LogP contribution in [0.15, 0.2) is 24.5 Å². The first-order chi connectivity index (χ1) is 13.9. The number of likely N-dealkylation sites (tertiary alicyclic amines) is 1. The van der Waals surface area contributed by atoms with E-state index in [1.54, 1.807) is 6.33 Å². The molecule has 0 radical (unpaired) electrons. The molecule has 1 N–H and O–H groups in total. The maximum Gasteiger partial charge on any atom is 0.127 e. The lowest BCUT2D eigenvalue weighted by Gasteiger charge is -2.54. The second-order valence-electron chi connectivity index (χ2n) is 9.67. The van der Waals surface area contributed by atoms with Gasteiger partial charge in [0.15, 0.2) is 0 Å². The number of imidazole rings is 1. The van der Waals surface area contributed by atoms with Crippen LogP contribution in [0.2, 0.25) is 5.02 Å². The second kappa shape index (κ2) is 7.00. The van der Waals surface area contributed by atoms with Gasteiger partial charge in [0.25, 0.3) is 0 Å². The Morgan fingerprint density at radius 1 is 1.28 bits per heavy atom. The predicted octanol–water partition coefficient (Wildman–Crippen LogP) is 4.90. The lowest BCUT2D eigenvalue weighted by Crippen LogP contribution is -2.54. The topological polar surface area (TPSA) is 50.4 Å². The summed E-state index contributed by atoms with van der Waals surface area (Å²) < 4.78 is 13.0. The Morgan fingerprint density at radius 2 is 2.07 bits per heavy atom. The maximum atomic E-state index is 6.58. The first kappa shape index (κ1) is 19.4. The third-order valence-electron chi connectivity index (χ3n) is 7.37. The summed E-state index contributed by atoms with van der Waals surface area (Å²) in [6, 6.07) is 5.96. The minimum Gasteiger partial charge on any atom is -0.487 e. The van der Waals surface area contributed by atoms with Crippen molar-refractivity contribution in [3.05, 3.63) is 46.5 Å². The number of H-pyrrole nitrogens is 1. The minimum atomic E-state index is -0.264.